The maximum absolute atomic E-state index is 12.7. The van der Waals surface area contributed by atoms with E-state index < -0.39 is 10.0 Å². The topological polar surface area (TPSA) is 50.3 Å². The van der Waals surface area contributed by atoms with Gasteiger partial charge in [-0.3, -0.25) is 9.29 Å². The standard InChI is InChI=1S/C22H24N2O2S/c1-2-27(25,26)24(18-21-11-7-15-23-17-21)22-12-6-10-20(16-22)14-13-19-8-4-3-5-9-19/h3-12,15-17H,2,13-14,18H2,1H3. The molecule has 0 bridgehead atoms. The van der Waals surface area contributed by atoms with E-state index in [4.69, 9.17) is 0 Å². The number of hydrogen-bond donors (Lipinski definition) is 0. The van der Waals surface area contributed by atoms with Crippen LogP contribution in [0.3, 0.4) is 0 Å². The fraction of sp³-hybridized carbons (Fsp3) is 0.227. The Labute approximate surface area is 161 Å². The van der Waals surface area contributed by atoms with Gasteiger partial charge in [0.15, 0.2) is 0 Å². The summed E-state index contributed by atoms with van der Waals surface area (Å²) < 4.78 is 26.9. The first kappa shape index (κ1) is 19.1. The van der Waals surface area contributed by atoms with Crippen LogP contribution in [-0.2, 0) is 29.4 Å². The normalized spacial score (nSPS) is 11.3. The molecule has 3 aromatic rings. The summed E-state index contributed by atoms with van der Waals surface area (Å²) in [5, 5.41) is 0. The second kappa shape index (κ2) is 8.82. The molecule has 0 amide bonds. The summed E-state index contributed by atoms with van der Waals surface area (Å²) in [6.07, 6.45) is 5.18. The van der Waals surface area contributed by atoms with Gasteiger partial charge in [-0.1, -0.05) is 48.5 Å². The second-order valence-electron chi connectivity index (χ2n) is 6.42. The molecule has 1 aromatic heterocycles. The zero-order chi connectivity index (χ0) is 19.1. The van der Waals surface area contributed by atoms with Gasteiger partial charge in [-0.05, 0) is 54.7 Å². The Morgan fingerprint density at radius 2 is 1.56 bits per heavy atom. The van der Waals surface area contributed by atoms with Crippen LogP contribution in [0.25, 0.3) is 0 Å². The van der Waals surface area contributed by atoms with Crippen molar-refractivity contribution in [1.29, 1.82) is 0 Å². The van der Waals surface area contributed by atoms with Crippen molar-refractivity contribution in [3.63, 3.8) is 0 Å². The molecule has 0 aliphatic carbocycles. The number of rotatable bonds is 8. The Hall–Kier alpha value is -2.66. The fourth-order valence-electron chi connectivity index (χ4n) is 2.96. The van der Waals surface area contributed by atoms with E-state index >= 15 is 0 Å². The summed E-state index contributed by atoms with van der Waals surface area (Å²) in [5.41, 5.74) is 3.96. The van der Waals surface area contributed by atoms with Gasteiger partial charge in [0.2, 0.25) is 10.0 Å². The molecule has 0 aliphatic heterocycles. The van der Waals surface area contributed by atoms with Crippen molar-refractivity contribution in [3.8, 4) is 0 Å². The molecule has 0 saturated carbocycles. The average molecular weight is 381 g/mol. The molecule has 0 atom stereocenters. The third kappa shape index (κ3) is 5.17. The third-order valence-corrected chi connectivity index (χ3v) is 6.23. The molecule has 0 fully saturated rings. The minimum Gasteiger partial charge on any atom is -0.266 e. The van der Waals surface area contributed by atoms with E-state index in [9.17, 15) is 8.42 Å². The molecule has 3 rings (SSSR count). The van der Waals surface area contributed by atoms with Crippen molar-refractivity contribution < 1.29 is 8.42 Å². The number of aromatic nitrogens is 1. The van der Waals surface area contributed by atoms with E-state index in [1.54, 1.807) is 19.3 Å². The molecule has 0 unspecified atom stereocenters. The highest BCUT2D eigenvalue weighted by atomic mass is 32.2. The molecule has 1 heterocycles. The zero-order valence-corrected chi connectivity index (χ0v) is 16.3. The lowest BCUT2D eigenvalue weighted by molar-refractivity contribution is 0.591. The number of nitrogens with zero attached hydrogens (tertiary/aromatic N) is 2. The van der Waals surface area contributed by atoms with Crippen LogP contribution in [0.5, 0.6) is 0 Å². The number of benzene rings is 2. The molecular weight excluding hydrogens is 356 g/mol. The predicted molar refractivity (Wildman–Crippen MR) is 110 cm³/mol. The Balaban J connectivity index is 1.84. The van der Waals surface area contributed by atoms with Gasteiger partial charge in [0.05, 0.1) is 18.0 Å². The first-order valence-electron chi connectivity index (χ1n) is 9.10. The van der Waals surface area contributed by atoms with Crippen molar-refractivity contribution in [1.82, 2.24) is 4.98 Å². The summed E-state index contributed by atoms with van der Waals surface area (Å²) in [4.78, 5) is 4.10. The highest BCUT2D eigenvalue weighted by molar-refractivity contribution is 7.92. The van der Waals surface area contributed by atoms with Gasteiger partial charge in [-0.15, -0.1) is 0 Å². The van der Waals surface area contributed by atoms with Crippen molar-refractivity contribution in [2.75, 3.05) is 10.1 Å². The van der Waals surface area contributed by atoms with E-state index in [1.165, 1.54) is 9.87 Å². The van der Waals surface area contributed by atoms with Gasteiger partial charge in [0.25, 0.3) is 0 Å². The van der Waals surface area contributed by atoms with E-state index in [2.05, 4.69) is 17.1 Å². The molecule has 0 aliphatic rings. The Morgan fingerprint density at radius 3 is 2.26 bits per heavy atom. The molecule has 0 spiro atoms. The van der Waals surface area contributed by atoms with Crippen molar-refractivity contribution in [2.24, 2.45) is 0 Å². The molecule has 4 nitrogen and oxygen atoms in total. The van der Waals surface area contributed by atoms with Crippen LogP contribution in [0, 0.1) is 0 Å². The third-order valence-electron chi connectivity index (χ3n) is 4.49. The second-order valence-corrected chi connectivity index (χ2v) is 8.61. The lowest BCUT2D eigenvalue weighted by Crippen LogP contribution is -2.32. The Bertz CT molecular complexity index is 958. The first-order chi connectivity index (χ1) is 13.1. The number of sulfonamides is 1. The molecule has 2 aromatic carbocycles. The van der Waals surface area contributed by atoms with Crippen LogP contribution in [0.1, 0.15) is 23.6 Å². The average Bonchev–Trinajstić information content (AvgIpc) is 2.72. The fourth-order valence-corrected chi connectivity index (χ4v) is 4.06. The summed E-state index contributed by atoms with van der Waals surface area (Å²) in [6, 6.07) is 21.8. The number of hydrogen-bond acceptors (Lipinski definition) is 3. The van der Waals surface area contributed by atoms with Crippen molar-refractivity contribution in [3.05, 3.63) is 95.8 Å². The van der Waals surface area contributed by atoms with Crippen LogP contribution in [0.15, 0.2) is 79.1 Å². The monoisotopic (exact) mass is 380 g/mol. The smallest absolute Gasteiger partial charge is 0.235 e. The molecule has 5 heteroatoms. The van der Waals surface area contributed by atoms with Crippen LogP contribution in [0.4, 0.5) is 5.69 Å². The van der Waals surface area contributed by atoms with E-state index in [0.717, 1.165) is 24.0 Å². The Morgan fingerprint density at radius 1 is 0.852 bits per heavy atom. The maximum Gasteiger partial charge on any atom is 0.235 e. The summed E-state index contributed by atoms with van der Waals surface area (Å²) in [7, 11) is -3.39. The van der Waals surface area contributed by atoms with Gasteiger partial charge in [0, 0.05) is 12.4 Å². The molecular formula is C22H24N2O2S. The summed E-state index contributed by atoms with van der Waals surface area (Å²) in [6.45, 7) is 1.96. The minimum absolute atomic E-state index is 0.0570. The molecule has 0 saturated heterocycles. The Kier molecular flexibility index (Phi) is 6.24. The molecule has 0 radical (unpaired) electrons. The van der Waals surface area contributed by atoms with Crippen LogP contribution in [0.2, 0.25) is 0 Å². The largest absolute Gasteiger partial charge is 0.266 e. The van der Waals surface area contributed by atoms with E-state index in [0.29, 0.717) is 5.69 Å². The van der Waals surface area contributed by atoms with E-state index in [-0.39, 0.29) is 12.3 Å². The SMILES string of the molecule is CCS(=O)(=O)N(Cc1cccnc1)c1cccc(CCc2ccccc2)c1. The molecule has 0 N–H and O–H groups in total. The van der Waals surface area contributed by atoms with Crippen LogP contribution < -0.4 is 4.31 Å². The number of pyridine rings is 1. The van der Waals surface area contributed by atoms with E-state index in [1.807, 2.05) is 54.6 Å². The minimum atomic E-state index is -3.39. The van der Waals surface area contributed by atoms with Crippen molar-refractivity contribution >= 4 is 15.7 Å². The summed E-state index contributed by atoms with van der Waals surface area (Å²) in [5.74, 6) is 0.0570. The lowest BCUT2D eigenvalue weighted by Gasteiger charge is -2.24. The summed E-state index contributed by atoms with van der Waals surface area (Å²) >= 11 is 0. The van der Waals surface area contributed by atoms with Gasteiger partial charge < -0.3 is 0 Å². The van der Waals surface area contributed by atoms with Crippen LogP contribution in [-0.4, -0.2) is 19.2 Å². The quantitative estimate of drug-likeness (QED) is 0.588. The molecule has 140 valence electrons. The first-order valence-corrected chi connectivity index (χ1v) is 10.7. The number of aryl methyl sites for hydroxylation is 2. The van der Waals surface area contributed by atoms with Crippen molar-refractivity contribution in [2.45, 2.75) is 26.3 Å². The van der Waals surface area contributed by atoms with Gasteiger partial charge in [-0.2, -0.15) is 0 Å². The zero-order valence-electron chi connectivity index (χ0n) is 15.5. The van der Waals surface area contributed by atoms with Gasteiger partial charge in [0.1, 0.15) is 0 Å². The van der Waals surface area contributed by atoms with Crippen LogP contribution >= 0.6 is 0 Å². The lowest BCUT2D eigenvalue weighted by atomic mass is 10.0. The number of anilines is 1. The van der Waals surface area contributed by atoms with Gasteiger partial charge in [-0.25, -0.2) is 8.42 Å². The highest BCUT2D eigenvalue weighted by Crippen LogP contribution is 2.23. The predicted octanol–water partition coefficient (Wildman–Crippen LogP) is 4.22. The highest BCUT2D eigenvalue weighted by Gasteiger charge is 2.21. The van der Waals surface area contributed by atoms with Gasteiger partial charge >= 0.3 is 0 Å². The molecule has 27 heavy (non-hydrogen) atoms. The maximum atomic E-state index is 12.7.